The number of benzene rings is 1. The Kier molecular flexibility index (Phi) is 2.00. The highest BCUT2D eigenvalue weighted by atomic mass is 32.1. The van der Waals surface area contributed by atoms with Gasteiger partial charge in [-0.3, -0.25) is 0 Å². The summed E-state index contributed by atoms with van der Waals surface area (Å²) in [6, 6.07) is 5.39. The molecule has 0 aliphatic carbocycles. The number of fused-ring (bicyclic) bond motifs is 1. The van der Waals surface area contributed by atoms with Crippen LogP contribution in [0.2, 0.25) is 0 Å². The van der Waals surface area contributed by atoms with E-state index in [9.17, 15) is 4.79 Å². The Morgan fingerprint density at radius 3 is 3.20 bits per heavy atom. The summed E-state index contributed by atoms with van der Waals surface area (Å²) in [5.74, 6) is 0.708. The van der Waals surface area contributed by atoms with Gasteiger partial charge < -0.3 is 13.9 Å². The minimum atomic E-state index is -0.285. The van der Waals surface area contributed by atoms with Crippen LogP contribution >= 0.6 is 11.3 Å². The van der Waals surface area contributed by atoms with Crippen molar-refractivity contribution >= 4 is 21.6 Å². The molecule has 3 rings (SSSR count). The average molecular weight is 224 g/mol. The second kappa shape index (κ2) is 3.36. The van der Waals surface area contributed by atoms with Crippen molar-refractivity contribution in [3.63, 3.8) is 0 Å². The van der Waals surface area contributed by atoms with E-state index in [0.29, 0.717) is 17.9 Å². The topological polar surface area (TPSA) is 52.0 Å². The normalized spacial score (nSPS) is 19.3. The Bertz CT molecular complexity index is 538. The van der Waals surface area contributed by atoms with Crippen molar-refractivity contribution in [1.82, 2.24) is 0 Å². The zero-order chi connectivity index (χ0) is 10.3. The van der Waals surface area contributed by atoms with E-state index >= 15 is 0 Å². The fourth-order valence-corrected chi connectivity index (χ4v) is 1.94. The summed E-state index contributed by atoms with van der Waals surface area (Å²) < 4.78 is 16.3. The number of ether oxygens (including phenoxy) is 2. The summed E-state index contributed by atoms with van der Waals surface area (Å²) in [6.07, 6.45) is 0.232. The van der Waals surface area contributed by atoms with Crippen LogP contribution < -0.4 is 9.68 Å². The second-order valence-corrected chi connectivity index (χ2v) is 4.31. The fraction of sp³-hybridized carbons (Fsp3) is 0.300. The van der Waals surface area contributed by atoms with Crippen LogP contribution in [0.3, 0.4) is 0 Å². The third-order valence-electron chi connectivity index (χ3n) is 2.14. The summed E-state index contributed by atoms with van der Waals surface area (Å²) >= 11 is 1.10. The van der Waals surface area contributed by atoms with Crippen LogP contribution in [-0.2, 0) is 4.74 Å². The molecule has 1 aromatic carbocycles. The smallest absolute Gasteiger partial charge is 0.396 e. The molecular formula is C10H8O4S. The van der Waals surface area contributed by atoms with E-state index in [2.05, 4.69) is 0 Å². The Morgan fingerprint density at radius 2 is 2.40 bits per heavy atom. The number of hydrogen-bond acceptors (Lipinski definition) is 5. The molecule has 1 unspecified atom stereocenters. The van der Waals surface area contributed by atoms with Gasteiger partial charge in [-0.05, 0) is 12.1 Å². The van der Waals surface area contributed by atoms with Gasteiger partial charge in [-0.2, -0.15) is 0 Å². The molecule has 0 spiro atoms. The first-order chi connectivity index (χ1) is 7.31. The number of hydrogen-bond donors (Lipinski definition) is 0. The molecule has 0 N–H and O–H groups in total. The third kappa shape index (κ3) is 1.88. The molecule has 78 valence electrons. The summed E-state index contributed by atoms with van der Waals surface area (Å²) in [6.45, 7) is 1.33. The maximum atomic E-state index is 11.0. The number of rotatable bonds is 3. The van der Waals surface area contributed by atoms with Crippen LogP contribution in [0.25, 0.3) is 10.3 Å². The average Bonchev–Trinajstić information content (AvgIpc) is 2.96. The van der Waals surface area contributed by atoms with E-state index in [-0.39, 0.29) is 11.0 Å². The molecule has 2 aromatic rings. The molecule has 1 atom stereocenters. The van der Waals surface area contributed by atoms with Crippen molar-refractivity contribution < 1.29 is 13.9 Å². The van der Waals surface area contributed by atoms with Gasteiger partial charge in [-0.15, -0.1) is 0 Å². The molecule has 2 heterocycles. The minimum Gasteiger partial charge on any atom is -0.491 e. The highest BCUT2D eigenvalue weighted by Crippen LogP contribution is 2.23. The van der Waals surface area contributed by atoms with Crippen molar-refractivity contribution in [1.29, 1.82) is 0 Å². The molecule has 5 heteroatoms. The fourth-order valence-electron chi connectivity index (χ4n) is 1.30. The molecule has 0 radical (unpaired) electrons. The highest BCUT2D eigenvalue weighted by Gasteiger charge is 2.23. The molecule has 1 aliphatic heterocycles. The SMILES string of the molecule is O=c1oc2cc(OCC3CO3)ccc2s1. The van der Waals surface area contributed by atoms with Gasteiger partial charge in [-0.1, -0.05) is 11.3 Å². The Labute approximate surface area is 89.0 Å². The largest absolute Gasteiger partial charge is 0.491 e. The molecular weight excluding hydrogens is 216 g/mol. The van der Waals surface area contributed by atoms with Crippen molar-refractivity contribution in [2.24, 2.45) is 0 Å². The van der Waals surface area contributed by atoms with E-state index in [1.54, 1.807) is 6.07 Å². The summed E-state index contributed by atoms with van der Waals surface area (Å²) in [5, 5.41) is 0. The zero-order valence-electron chi connectivity index (χ0n) is 7.76. The van der Waals surface area contributed by atoms with Crippen LogP contribution in [0.1, 0.15) is 0 Å². The predicted molar refractivity (Wildman–Crippen MR) is 55.6 cm³/mol. The van der Waals surface area contributed by atoms with Gasteiger partial charge in [0.1, 0.15) is 18.5 Å². The highest BCUT2D eigenvalue weighted by molar-refractivity contribution is 7.16. The molecule has 0 saturated carbocycles. The molecule has 1 fully saturated rings. The first kappa shape index (κ1) is 8.94. The standard InChI is InChI=1S/C10H8O4S/c11-10-14-8-3-6(1-2-9(8)15-10)12-4-7-5-13-7/h1-3,7H,4-5H2. The lowest BCUT2D eigenvalue weighted by molar-refractivity contribution is 0.263. The second-order valence-electron chi connectivity index (χ2n) is 3.33. The Morgan fingerprint density at radius 1 is 1.53 bits per heavy atom. The monoisotopic (exact) mass is 224 g/mol. The maximum Gasteiger partial charge on any atom is 0.396 e. The molecule has 1 saturated heterocycles. The van der Waals surface area contributed by atoms with Gasteiger partial charge in [-0.25, -0.2) is 4.79 Å². The predicted octanol–water partition coefficient (Wildman–Crippen LogP) is 1.63. The zero-order valence-corrected chi connectivity index (χ0v) is 8.58. The summed E-state index contributed by atoms with van der Waals surface area (Å²) in [7, 11) is 0. The molecule has 0 amide bonds. The molecule has 15 heavy (non-hydrogen) atoms. The number of epoxide rings is 1. The van der Waals surface area contributed by atoms with Gasteiger partial charge in [0.15, 0.2) is 5.58 Å². The van der Waals surface area contributed by atoms with Gasteiger partial charge in [0.05, 0.1) is 11.3 Å². The first-order valence-corrected chi connectivity index (χ1v) is 5.41. The van der Waals surface area contributed by atoms with Crippen LogP contribution in [0.15, 0.2) is 27.4 Å². The van der Waals surface area contributed by atoms with Gasteiger partial charge in [0.2, 0.25) is 0 Å². The van der Waals surface area contributed by atoms with Crippen molar-refractivity contribution in [3.05, 3.63) is 27.9 Å². The Hall–Kier alpha value is -1.33. The summed E-state index contributed by atoms with van der Waals surface area (Å²) in [4.78, 5) is 10.7. The van der Waals surface area contributed by atoms with Crippen molar-refractivity contribution in [3.8, 4) is 5.75 Å². The van der Waals surface area contributed by atoms with E-state index in [0.717, 1.165) is 22.6 Å². The van der Waals surface area contributed by atoms with Crippen LogP contribution in [-0.4, -0.2) is 19.3 Å². The van der Waals surface area contributed by atoms with E-state index in [1.165, 1.54) is 0 Å². The molecule has 1 aliphatic rings. The minimum absolute atomic E-state index is 0.232. The third-order valence-corrected chi connectivity index (χ3v) is 2.95. The Balaban J connectivity index is 1.87. The maximum absolute atomic E-state index is 11.0. The van der Waals surface area contributed by atoms with Crippen molar-refractivity contribution in [2.45, 2.75) is 6.10 Å². The summed E-state index contributed by atoms with van der Waals surface area (Å²) in [5.41, 5.74) is 0.583. The van der Waals surface area contributed by atoms with E-state index in [1.807, 2.05) is 12.1 Å². The van der Waals surface area contributed by atoms with Crippen LogP contribution in [0.5, 0.6) is 5.75 Å². The van der Waals surface area contributed by atoms with Crippen LogP contribution in [0.4, 0.5) is 0 Å². The van der Waals surface area contributed by atoms with Crippen molar-refractivity contribution in [2.75, 3.05) is 13.2 Å². The lowest BCUT2D eigenvalue weighted by Crippen LogP contribution is -2.03. The molecule has 4 nitrogen and oxygen atoms in total. The van der Waals surface area contributed by atoms with Gasteiger partial charge >= 0.3 is 4.94 Å². The van der Waals surface area contributed by atoms with Gasteiger partial charge in [0, 0.05) is 6.07 Å². The van der Waals surface area contributed by atoms with E-state index < -0.39 is 0 Å². The lowest BCUT2D eigenvalue weighted by Gasteiger charge is -2.02. The quantitative estimate of drug-likeness (QED) is 0.743. The lowest BCUT2D eigenvalue weighted by atomic mass is 10.3. The van der Waals surface area contributed by atoms with Gasteiger partial charge in [0.25, 0.3) is 0 Å². The van der Waals surface area contributed by atoms with Crippen LogP contribution in [0, 0.1) is 0 Å². The molecule has 0 bridgehead atoms. The molecule has 1 aromatic heterocycles. The van der Waals surface area contributed by atoms with E-state index in [4.69, 9.17) is 13.9 Å². The first-order valence-electron chi connectivity index (χ1n) is 4.59.